The Hall–Kier alpha value is -1.92. The van der Waals surface area contributed by atoms with Crippen molar-refractivity contribution in [2.24, 2.45) is 5.92 Å². The van der Waals surface area contributed by atoms with Gasteiger partial charge in [0.05, 0.1) is 6.20 Å². The summed E-state index contributed by atoms with van der Waals surface area (Å²) in [6.07, 6.45) is 6.84. The van der Waals surface area contributed by atoms with Crippen molar-refractivity contribution in [3.63, 3.8) is 0 Å². The van der Waals surface area contributed by atoms with Crippen LogP contribution >= 0.6 is 0 Å². The number of carbonyl (C=O) groups is 2. The molecule has 2 N–H and O–H groups in total. The topological polar surface area (TPSA) is 97.1 Å². The minimum absolute atomic E-state index is 0.107. The van der Waals surface area contributed by atoms with Crippen molar-refractivity contribution in [3.05, 3.63) is 12.4 Å². The van der Waals surface area contributed by atoms with E-state index >= 15 is 0 Å². The second-order valence-electron chi connectivity index (χ2n) is 4.83. The summed E-state index contributed by atoms with van der Waals surface area (Å²) in [6.45, 7) is 2.81. The number of hydrogen-bond donors (Lipinski definition) is 2. The number of rotatable bonds is 10. The van der Waals surface area contributed by atoms with Crippen LogP contribution in [0, 0.1) is 5.92 Å². The number of nitrogens with one attached hydrogen (secondary N) is 1. The Morgan fingerprint density at radius 3 is 2.75 bits per heavy atom. The molecule has 20 heavy (non-hydrogen) atoms. The van der Waals surface area contributed by atoms with E-state index in [4.69, 9.17) is 5.11 Å². The highest BCUT2D eigenvalue weighted by molar-refractivity contribution is 5.75. The van der Waals surface area contributed by atoms with E-state index in [1.54, 1.807) is 6.20 Å². The molecule has 0 fully saturated rings. The van der Waals surface area contributed by atoms with Crippen LogP contribution in [0.3, 0.4) is 0 Å². The Balaban J connectivity index is 2.21. The fourth-order valence-electron chi connectivity index (χ4n) is 2.10. The van der Waals surface area contributed by atoms with Crippen molar-refractivity contribution < 1.29 is 14.7 Å². The van der Waals surface area contributed by atoms with E-state index < -0.39 is 5.97 Å². The number of nitrogens with zero attached hydrogens (tertiary/aromatic N) is 3. The average Bonchev–Trinajstić information content (AvgIpc) is 2.88. The van der Waals surface area contributed by atoms with Crippen molar-refractivity contribution >= 4 is 11.9 Å². The van der Waals surface area contributed by atoms with E-state index in [0.717, 1.165) is 19.3 Å². The fourth-order valence-corrected chi connectivity index (χ4v) is 2.10. The number of hydrogen-bond acceptors (Lipinski definition) is 4. The normalized spacial score (nSPS) is 12.1. The molecular weight excluding hydrogens is 260 g/mol. The van der Waals surface area contributed by atoms with Crippen LogP contribution in [0.15, 0.2) is 12.4 Å². The molecule has 0 radical (unpaired) electrons. The highest BCUT2D eigenvalue weighted by atomic mass is 16.4. The number of aromatic nitrogens is 3. The van der Waals surface area contributed by atoms with Crippen molar-refractivity contribution in [2.75, 3.05) is 6.54 Å². The number of carboxylic acid groups (broad SMARTS) is 1. The van der Waals surface area contributed by atoms with Gasteiger partial charge in [-0.3, -0.25) is 9.59 Å². The molecule has 7 nitrogen and oxygen atoms in total. The summed E-state index contributed by atoms with van der Waals surface area (Å²) in [5.74, 6) is -0.520. The molecule has 0 saturated carbocycles. The lowest BCUT2D eigenvalue weighted by Gasteiger charge is -2.15. The summed E-state index contributed by atoms with van der Waals surface area (Å²) in [7, 11) is 0. The molecule has 112 valence electrons. The molecule has 0 aliphatic heterocycles. The first-order valence-corrected chi connectivity index (χ1v) is 6.94. The molecule has 7 heteroatoms. The maximum absolute atomic E-state index is 11.6. The van der Waals surface area contributed by atoms with Crippen LogP contribution in [0.1, 0.15) is 39.0 Å². The maximum atomic E-state index is 11.6. The first-order chi connectivity index (χ1) is 9.61. The average molecular weight is 282 g/mol. The molecule has 0 bridgehead atoms. The molecule has 1 heterocycles. The third-order valence-corrected chi connectivity index (χ3v) is 3.12. The largest absolute Gasteiger partial charge is 0.481 e. The zero-order valence-electron chi connectivity index (χ0n) is 11.8. The quantitative estimate of drug-likeness (QED) is 0.669. The SMILES string of the molecule is CCCC(CCNC(=O)Cn1ccnn1)CCC(=O)O. The molecule has 0 saturated heterocycles. The van der Waals surface area contributed by atoms with Crippen LogP contribution in [0.2, 0.25) is 0 Å². The smallest absolute Gasteiger partial charge is 0.303 e. The Morgan fingerprint density at radius 2 is 2.15 bits per heavy atom. The van der Waals surface area contributed by atoms with Crippen molar-refractivity contribution in [2.45, 2.75) is 45.6 Å². The number of aliphatic carboxylic acids is 1. The monoisotopic (exact) mass is 282 g/mol. The lowest BCUT2D eigenvalue weighted by atomic mass is 9.94. The van der Waals surface area contributed by atoms with Crippen LogP contribution in [0.4, 0.5) is 0 Å². The highest BCUT2D eigenvalue weighted by Crippen LogP contribution is 2.17. The summed E-state index contributed by atoms with van der Waals surface area (Å²) >= 11 is 0. The van der Waals surface area contributed by atoms with Gasteiger partial charge in [0.15, 0.2) is 0 Å². The first-order valence-electron chi connectivity index (χ1n) is 6.94. The second-order valence-corrected chi connectivity index (χ2v) is 4.83. The minimum atomic E-state index is -0.763. The molecule has 0 spiro atoms. The Labute approximate surface area is 118 Å². The first kappa shape index (κ1) is 16.1. The molecule has 1 atom stereocenters. The van der Waals surface area contributed by atoms with Gasteiger partial charge in [0, 0.05) is 19.2 Å². The summed E-state index contributed by atoms with van der Waals surface area (Å²) < 4.78 is 1.46. The van der Waals surface area contributed by atoms with Gasteiger partial charge < -0.3 is 10.4 Å². The van der Waals surface area contributed by atoms with Crippen molar-refractivity contribution in [1.82, 2.24) is 20.3 Å². The van der Waals surface area contributed by atoms with Gasteiger partial charge in [-0.1, -0.05) is 25.0 Å². The van der Waals surface area contributed by atoms with E-state index in [1.807, 2.05) is 0 Å². The molecular formula is C13H22N4O3. The summed E-state index contributed by atoms with van der Waals surface area (Å²) in [6, 6.07) is 0. The predicted octanol–water partition coefficient (Wildman–Crippen LogP) is 1.07. The summed E-state index contributed by atoms with van der Waals surface area (Å²) in [5.41, 5.74) is 0. The molecule has 0 aliphatic carbocycles. The predicted molar refractivity (Wildman–Crippen MR) is 72.9 cm³/mol. The third-order valence-electron chi connectivity index (χ3n) is 3.12. The molecule has 0 aromatic carbocycles. The van der Waals surface area contributed by atoms with Gasteiger partial charge >= 0.3 is 5.97 Å². The van der Waals surface area contributed by atoms with Crippen LogP contribution in [0.5, 0.6) is 0 Å². The third kappa shape index (κ3) is 6.86. The molecule has 1 aromatic rings. The second kappa shape index (κ2) is 9.06. The molecule has 1 rings (SSSR count). The number of carboxylic acids is 1. The van der Waals surface area contributed by atoms with E-state index in [2.05, 4.69) is 22.6 Å². The van der Waals surface area contributed by atoms with Gasteiger partial charge in [-0.25, -0.2) is 4.68 Å². The minimum Gasteiger partial charge on any atom is -0.481 e. The lowest BCUT2D eigenvalue weighted by Crippen LogP contribution is -2.29. The van der Waals surface area contributed by atoms with E-state index in [0.29, 0.717) is 18.9 Å². The van der Waals surface area contributed by atoms with Crippen molar-refractivity contribution in [3.8, 4) is 0 Å². The van der Waals surface area contributed by atoms with Gasteiger partial charge in [-0.05, 0) is 18.8 Å². The summed E-state index contributed by atoms with van der Waals surface area (Å²) in [5, 5.41) is 18.9. The van der Waals surface area contributed by atoms with Gasteiger partial charge in [0.2, 0.25) is 5.91 Å². The Kier molecular flexibility index (Phi) is 7.31. The van der Waals surface area contributed by atoms with E-state index in [1.165, 1.54) is 10.9 Å². The van der Waals surface area contributed by atoms with Crippen LogP contribution in [0.25, 0.3) is 0 Å². The van der Waals surface area contributed by atoms with Gasteiger partial charge in [0.1, 0.15) is 6.54 Å². The fraction of sp³-hybridized carbons (Fsp3) is 0.692. The van der Waals surface area contributed by atoms with Crippen LogP contribution in [-0.4, -0.2) is 38.5 Å². The zero-order valence-corrected chi connectivity index (χ0v) is 11.8. The molecule has 1 aromatic heterocycles. The summed E-state index contributed by atoms with van der Waals surface area (Å²) in [4.78, 5) is 22.2. The van der Waals surface area contributed by atoms with Gasteiger partial charge in [-0.2, -0.15) is 0 Å². The number of amides is 1. The highest BCUT2D eigenvalue weighted by Gasteiger charge is 2.11. The lowest BCUT2D eigenvalue weighted by molar-refractivity contribution is -0.137. The molecule has 1 unspecified atom stereocenters. The molecule has 1 amide bonds. The standard InChI is InChI=1S/C13H22N4O3/c1-2-3-11(4-5-13(19)20)6-7-14-12(18)10-17-9-8-15-16-17/h8-9,11H,2-7,10H2,1H3,(H,14,18)(H,19,20). The van der Waals surface area contributed by atoms with Gasteiger partial charge in [0.25, 0.3) is 0 Å². The Bertz CT molecular complexity index is 406. The van der Waals surface area contributed by atoms with E-state index in [9.17, 15) is 9.59 Å². The van der Waals surface area contributed by atoms with Crippen molar-refractivity contribution in [1.29, 1.82) is 0 Å². The zero-order chi connectivity index (χ0) is 14.8. The van der Waals surface area contributed by atoms with Gasteiger partial charge in [-0.15, -0.1) is 5.10 Å². The van der Waals surface area contributed by atoms with Crippen LogP contribution in [-0.2, 0) is 16.1 Å². The van der Waals surface area contributed by atoms with E-state index in [-0.39, 0.29) is 18.9 Å². The maximum Gasteiger partial charge on any atom is 0.303 e. The molecule has 0 aliphatic rings. The Morgan fingerprint density at radius 1 is 1.35 bits per heavy atom. The number of carbonyl (C=O) groups excluding carboxylic acids is 1. The van der Waals surface area contributed by atoms with Crippen LogP contribution < -0.4 is 5.32 Å².